The van der Waals surface area contributed by atoms with Gasteiger partial charge in [0.1, 0.15) is 0 Å². The van der Waals surface area contributed by atoms with Crippen LogP contribution >= 0.6 is 0 Å². The Morgan fingerprint density at radius 1 is 1.82 bits per heavy atom. The maximum atomic E-state index is 11.2. The van der Waals surface area contributed by atoms with Crippen LogP contribution in [0.2, 0.25) is 0 Å². The van der Waals surface area contributed by atoms with Crippen LogP contribution in [0, 0.1) is 5.92 Å². The van der Waals surface area contributed by atoms with Gasteiger partial charge in [0.2, 0.25) is 0 Å². The van der Waals surface area contributed by atoms with Crippen LogP contribution in [-0.2, 0) is 9.53 Å². The number of ether oxygens (including phenoxy) is 1. The third kappa shape index (κ3) is 1.82. The Kier molecular flexibility index (Phi) is 2.69. The first kappa shape index (κ1) is 8.31. The summed E-state index contributed by atoms with van der Waals surface area (Å²) in [6.45, 7) is 4.37. The average Bonchev–Trinajstić information content (AvgIpc) is 2.36. The fourth-order valence-corrected chi connectivity index (χ4v) is 1.34. The van der Waals surface area contributed by atoms with Gasteiger partial charge in [-0.15, -0.1) is 0 Å². The van der Waals surface area contributed by atoms with Crippen LogP contribution in [0.3, 0.4) is 0 Å². The fourth-order valence-electron chi connectivity index (χ4n) is 1.34. The van der Waals surface area contributed by atoms with Crippen molar-refractivity contribution in [1.29, 1.82) is 0 Å². The molecular weight excluding hydrogens is 140 g/mol. The van der Waals surface area contributed by atoms with E-state index in [0.29, 0.717) is 12.5 Å². The summed E-state index contributed by atoms with van der Waals surface area (Å²) in [6.07, 6.45) is 4.10. The Balaban J connectivity index is 2.52. The molecule has 1 atom stereocenters. The first-order valence-electron chi connectivity index (χ1n) is 4.13. The van der Waals surface area contributed by atoms with Crippen molar-refractivity contribution in [3.05, 3.63) is 11.6 Å². The molecule has 2 heteroatoms. The van der Waals surface area contributed by atoms with E-state index in [0.717, 1.165) is 18.4 Å². The molecule has 0 aromatic heterocycles. The number of carbonyl (C=O) groups is 1. The summed E-state index contributed by atoms with van der Waals surface area (Å²) in [7, 11) is 0. The third-order valence-corrected chi connectivity index (χ3v) is 2.01. The first-order chi connectivity index (χ1) is 5.25. The van der Waals surface area contributed by atoms with Crippen molar-refractivity contribution in [3.63, 3.8) is 0 Å². The lowest BCUT2D eigenvalue weighted by atomic mass is 10.1. The second kappa shape index (κ2) is 3.56. The normalized spacial score (nSPS) is 23.1. The molecule has 0 saturated heterocycles. The van der Waals surface area contributed by atoms with Crippen LogP contribution in [0.1, 0.15) is 26.7 Å². The van der Waals surface area contributed by atoms with Crippen molar-refractivity contribution in [2.45, 2.75) is 26.7 Å². The highest BCUT2D eigenvalue weighted by Crippen LogP contribution is 2.25. The van der Waals surface area contributed by atoms with E-state index < -0.39 is 0 Å². The van der Waals surface area contributed by atoms with Gasteiger partial charge in [-0.3, -0.25) is 0 Å². The monoisotopic (exact) mass is 154 g/mol. The molecule has 0 fully saturated rings. The minimum absolute atomic E-state index is 0.127. The number of esters is 1. The van der Waals surface area contributed by atoms with Crippen LogP contribution < -0.4 is 0 Å². The lowest BCUT2D eigenvalue weighted by Gasteiger charge is -2.06. The first-order valence-corrected chi connectivity index (χ1v) is 4.13. The highest BCUT2D eigenvalue weighted by molar-refractivity contribution is 5.89. The second-order valence-corrected chi connectivity index (χ2v) is 2.86. The van der Waals surface area contributed by atoms with Crippen molar-refractivity contribution in [2.75, 3.05) is 6.61 Å². The SMILES string of the molecule is CCOC(=O)C1=CCC[C@H]1C. The van der Waals surface area contributed by atoms with Gasteiger partial charge in [-0.2, -0.15) is 0 Å². The predicted octanol–water partition coefficient (Wildman–Crippen LogP) is 1.91. The molecular formula is C9H14O2. The molecule has 0 N–H and O–H groups in total. The lowest BCUT2D eigenvalue weighted by molar-refractivity contribution is -0.139. The van der Waals surface area contributed by atoms with Gasteiger partial charge in [-0.1, -0.05) is 13.0 Å². The van der Waals surface area contributed by atoms with Crippen molar-refractivity contribution in [2.24, 2.45) is 5.92 Å². The molecule has 0 saturated carbocycles. The standard InChI is InChI=1S/C9H14O2/c1-3-11-9(10)8-6-4-5-7(8)2/h6-7H,3-5H2,1-2H3/t7-/m1/s1. The van der Waals surface area contributed by atoms with E-state index >= 15 is 0 Å². The fraction of sp³-hybridized carbons (Fsp3) is 0.667. The highest BCUT2D eigenvalue weighted by Gasteiger charge is 2.21. The molecule has 0 amide bonds. The topological polar surface area (TPSA) is 26.3 Å². The molecule has 62 valence electrons. The molecule has 0 aromatic carbocycles. The summed E-state index contributed by atoms with van der Waals surface area (Å²) < 4.78 is 4.89. The molecule has 1 aliphatic carbocycles. The van der Waals surface area contributed by atoms with Crippen LogP contribution in [-0.4, -0.2) is 12.6 Å². The van der Waals surface area contributed by atoms with E-state index in [2.05, 4.69) is 6.92 Å². The summed E-state index contributed by atoms with van der Waals surface area (Å²) >= 11 is 0. The number of hydrogen-bond donors (Lipinski definition) is 0. The van der Waals surface area contributed by atoms with E-state index in [1.807, 2.05) is 13.0 Å². The van der Waals surface area contributed by atoms with Gasteiger partial charge in [-0.05, 0) is 25.7 Å². The molecule has 0 radical (unpaired) electrons. The Morgan fingerprint density at radius 2 is 2.55 bits per heavy atom. The molecule has 0 aromatic rings. The second-order valence-electron chi connectivity index (χ2n) is 2.86. The molecule has 0 bridgehead atoms. The zero-order valence-corrected chi connectivity index (χ0v) is 7.09. The van der Waals surface area contributed by atoms with Crippen LogP contribution in [0.5, 0.6) is 0 Å². The zero-order chi connectivity index (χ0) is 8.27. The number of carbonyl (C=O) groups excluding carboxylic acids is 1. The Morgan fingerprint density at radius 3 is 3.00 bits per heavy atom. The van der Waals surface area contributed by atoms with Gasteiger partial charge >= 0.3 is 5.97 Å². The smallest absolute Gasteiger partial charge is 0.333 e. The van der Waals surface area contributed by atoms with Gasteiger partial charge < -0.3 is 4.74 Å². The summed E-state index contributed by atoms with van der Waals surface area (Å²) in [5.74, 6) is 0.270. The van der Waals surface area contributed by atoms with Crippen LogP contribution in [0.15, 0.2) is 11.6 Å². The molecule has 1 rings (SSSR count). The Bertz CT molecular complexity index is 182. The Hall–Kier alpha value is -0.790. The van der Waals surface area contributed by atoms with E-state index in [-0.39, 0.29) is 5.97 Å². The minimum Gasteiger partial charge on any atom is -0.463 e. The van der Waals surface area contributed by atoms with Crippen molar-refractivity contribution < 1.29 is 9.53 Å². The lowest BCUT2D eigenvalue weighted by Crippen LogP contribution is -2.10. The zero-order valence-electron chi connectivity index (χ0n) is 7.09. The maximum absolute atomic E-state index is 11.2. The summed E-state index contributed by atoms with van der Waals surface area (Å²) in [6, 6.07) is 0. The van der Waals surface area contributed by atoms with Gasteiger partial charge in [-0.25, -0.2) is 4.79 Å². The van der Waals surface area contributed by atoms with Gasteiger partial charge in [0.15, 0.2) is 0 Å². The van der Waals surface area contributed by atoms with Crippen molar-refractivity contribution in [3.8, 4) is 0 Å². The molecule has 0 unspecified atom stereocenters. The average molecular weight is 154 g/mol. The van der Waals surface area contributed by atoms with Crippen LogP contribution in [0.4, 0.5) is 0 Å². The number of allylic oxidation sites excluding steroid dienone is 1. The molecule has 0 aliphatic heterocycles. The molecule has 0 heterocycles. The third-order valence-electron chi connectivity index (χ3n) is 2.01. The number of rotatable bonds is 2. The summed E-state index contributed by atoms with van der Waals surface area (Å²) in [5.41, 5.74) is 0.867. The molecule has 2 nitrogen and oxygen atoms in total. The van der Waals surface area contributed by atoms with Gasteiger partial charge in [0.05, 0.1) is 6.61 Å². The van der Waals surface area contributed by atoms with E-state index in [4.69, 9.17) is 4.74 Å². The van der Waals surface area contributed by atoms with E-state index in [9.17, 15) is 4.79 Å². The van der Waals surface area contributed by atoms with E-state index in [1.165, 1.54) is 0 Å². The molecule has 11 heavy (non-hydrogen) atoms. The Labute approximate surface area is 67.2 Å². The van der Waals surface area contributed by atoms with Gasteiger partial charge in [0.25, 0.3) is 0 Å². The van der Waals surface area contributed by atoms with Crippen molar-refractivity contribution in [1.82, 2.24) is 0 Å². The molecule has 1 aliphatic rings. The van der Waals surface area contributed by atoms with Crippen molar-refractivity contribution >= 4 is 5.97 Å². The highest BCUT2D eigenvalue weighted by atomic mass is 16.5. The summed E-state index contributed by atoms with van der Waals surface area (Å²) in [5, 5.41) is 0. The quantitative estimate of drug-likeness (QED) is 0.568. The predicted molar refractivity (Wildman–Crippen MR) is 43.1 cm³/mol. The number of hydrogen-bond acceptors (Lipinski definition) is 2. The van der Waals surface area contributed by atoms with E-state index in [1.54, 1.807) is 0 Å². The van der Waals surface area contributed by atoms with Gasteiger partial charge in [0, 0.05) is 5.57 Å². The largest absolute Gasteiger partial charge is 0.463 e. The summed E-state index contributed by atoms with van der Waals surface area (Å²) in [4.78, 5) is 11.2. The molecule has 0 spiro atoms. The minimum atomic E-state index is -0.127. The maximum Gasteiger partial charge on any atom is 0.333 e. The van der Waals surface area contributed by atoms with Crippen LogP contribution in [0.25, 0.3) is 0 Å².